The summed E-state index contributed by atoms with van der Waals surface area (Å²) in [6.07, 6.45) is 3.16. The van der Waals surface area contributed by atoms with Gasteiger partial charge in [-0.25, -0.2) is 4.79 Å². The topological polar surface area (TPSA) is 66.4 Å². The molecule has 1 rings (SSSR count). The maximum Gasteiger partial charge on any atom is 0.326 e. The first kappa shape index (κ1) is 15.7. The summed E-state index contributed by atoms with van der Waals surface area (Å²) in [7, 11) is 0. The van der Waals surface area contributed by atoms with Crippen LogP contribution in [0.1, 0.15) is 53.2 Å². The minimum Gasteiger partial charge on any atom is -0.480 e. The summed E-state index contributed by atoms with van der Waals surface area (Å²) >= 11 is 1.43. The smallest absolute Gasteiger partial charge is 0.326 e. The van der Waals surface area contributed by atoms with Crippen LogP contribution >= 0.6 is 11.3 Å². The molecule has 2 N–H and O–H groups in total. The lowest BCUT2D eigenvalue weighted by Gasteiger charge is -2.12. The third-order valence-electron chi connectivity index (χ3n) is 2.94. The van der Waals surface area contributed by atoms with Gasteiger partial charge in [-0.15, -0.1) is 11.3 Å². The second-order valence-electron chi connectivity index (χ2n) is 4.60. The Hall–Kier alpha value is -1.36. The van der Waals surface area contributed by atoms with Gasteiger partial charge in [-0.05, 0) is 31.4 Å². The maximum absolute atomic E-state index is 12.0. The molecular weight excluding hydrogens is 262 g/mol. The first-order chi connectivity index (χ1) is 8.99. The molecular formula is C14H21NO3S. The molecule has 0 aromatic carbocycles. The summed E-state index contributed by atoms with van der Waals surface area (Å²) in [5, 5.41) is 11.6. The molecule has 0 unspecified atom stereocenters. The van der Waals surface area contributed by atoms with Crippen LogP contribution in [-0.4, -0.2) is 23.0 Å². The Labute approximate surface area is 117 Å². The molecule has 0 bridgehead atoms. The number of carboxylic acids is 1. The number of amides is 1. The molecule has 0 aliphatic heterocycles. The Bertz CT molecular complexity index is 454. The van der Waals surface area contributed by atoms with Crippen molar-refractivity contribution in [2.24, 2.45) is 0 Å². The summed E-state index contributed by atoms with van der Waals surface area (Å²) in [5.74, 6) is -1.26. The van der Waals surface area contributed by atoms with E-state index in [2.05, 4.69) is 12.2 Å². The van der Waals surface area contributed by atoms with Crippen molar-refractivity contribution in [2.45, 2.75) is 52.5 Å². The molecule has 0 saturated heterocycles. The lowest BCUT2D eigenvalue weighted by molar-refractivity contribution is -0.139. The highest BCUT2D eigenvalue weighted by molar-refractivity contribution is 7.14. The summed E-state index contributed by atoms with van der Waals surface area (Å²) in [4.78, 5) is 24.8. The van der Waals surface area contributed by atoms with Crippen molar-refractivity contribution in [3.63, 3.8) is 0 Å². The van der Waals surface area contributed by atoms with Crippen molar-refractivity contribution in [3.05, 3.63) is 21.4 Å². The standard InChI is InChI=1S/C14H21NO3S/c1-4-6-10-8-12(19-9(10)3)13(16)15-11(7-5-2)14(17)18/h8,11H,4-7H2,1-3H3,(H,15,16)(H,17,18)/t11-/m1/s1. The SMILES string of the molecule is CCCc1cc(C(=O)N[C@H](CCC)C(=O)O)sc1C. The van der Waals surface area contributed by atoms with Gasteiger partial charge < -0.3 is 10.4 Å². The highest BCUT2D eigenvalue weighted by Gasteiger charge is 2.21. The van der Waals surface area contributed by atoms with Crippen LogP contribution in [0.4, 0.5) is 0 Å². The van der Waals surface area contributed by atoms with E-state index in [9.17, 15) is 9.59 Å². The van der Waals surface area contributed by atoms with Crippen molar-refractivity contribution in [3.8, 4) is 0 Å². The first-order valence-corrected chi connectivity index (χ1v) is 7.44. The van der Waals surface area contributed by atoms with Crippen LogP contribution in [0.3, 0.4) is 0 Å². The van der Waals surface area contributed by atoms with Crippen molar-refractivity contribution >= 4 is 23.2 Å². The van der Waals surface area contributed by atoms with E-state index in [0.717, 1.165) is 24.1 Å². The third-order valence-corrected chi connectivity index (χ3v) is 4.04. The average Bonchev–Trinajstić information content (AvgIpc) is 2.71. The number of aliphatic carboxylic acids is 1. The van der Waals surface area contributed by atoms with E-state index in [1.807, 2.05) is 19.9 Å². The largest absolute Gasteiger partial charge is 0.480 e. The Morgan fingerprint density at radius 1 is 1.37 bits per heavy atom. The zero-order chi connectivity index (χ0) is 14.4. The van der Waals surface area contributed by atoms with Crippen LogP contribution in [0.25, 0.3) is 0 Å². The molecule has 1 aromatic heterocycles. The van der Waals surface area contributed by atoms with Gasteiger partial charge in [-0.3, -0.25) is 4.79 Å². The third kappa shape index (κ3) is 4.35. The van der Waals surface area contributed by atoms with Gasteiger partial charge in [0, 0.05) is 4.88 Å². The van der Waals surface area contributed by atoms with Gasteiger partial charge in [0.25, 0.3) is 5.91 Å². The second-order valence-corrected chi connectivity index (χ2v) is 5.85. The predicted molar refractivity (Wildman–Crippen MR) is 76.8 cm³/mol. The number of thiophene rings is 1. The monoisotopic (exact) mass is 283 g/mol. The summed E-state index contributed by atoms with van der Waals surface area (Å²) < 4.78 is 0. The Morgan fingerprint density at radius 3 is 2.58 bits per heavy atom. The summed E-state index contributed by atoms with van der Waals surface area (Å²) in [5.41, 5.74) is 1.18. The fraction of sp³-hybridized carbons (Fsp3) is 0.571. The molecule has 1 aromatic rings. The van der Waals surface area contributed by atoms with E-state index in [4.69, 9.17) is 5.11 Å². The zero-order valence-corrected chi connectivity index (χ0v) is 12.5. The van der Waals surface area contributed by atoms with Crippen LogP contribution in [0.15, 0.2) is 6.07 Å². The van der Waals surface area contributed by atoms with E-state index in [0.29, 0.717) is 11.3 Å². The minimum absolute atomic E-state index is 0.281. The highest BCUT2D eigenvalue weighted by Crippen LogP contribution is 2.23. The molecule has 1 heterocycles. The molecule has 0 aliphatic rings. The number of carbonyl (C=O) groups is 2. The second kappa shape index (κ2) is 7.28. The highest BCUT2D eigenvalue weighted by atomic mass is 32.1. The maximum atomic E-state index is 12.0. The minimum atomic E-state index is -0.975. The van der Waals surface area contributed by atoms with E-state index < -0.39 is 12.0 Å². The van der Waals surface area contributed by atoms with Gasteiger partial charge in [0.2, 0.25) is 0 Å². The van der Waals surface area contributed by atoms with Crippen molar-refractivity contribution in [2.75, 3.05) is 0 Å². The zero-order valence-electron chi connectivity index (χ0n) is 11.7. The normalized spacial score (nSPS) is 12.2. The van der Waals surface area contributed by atoms with Crippen molar-refractivity contribution in [1.29, 1.82) is 0 Å². The Balaban J connectivity index is 2.76. The van der Waals surface area contributed by atoms with Gasteiger partial charge in [0.1, 0.15) is 6.04 Å². The van der Waals surface area contributed by atoms with Crippen LogP contribution < -0.4 is 5.32 Å². The first-order valence-electron chi connectivity index (χ1n) is 6.62. The van der Waals surface area contributed by atoms with E-state index in [1.54, 1.807) is 0 Å². The molecule has 1 atom stereocenters. The lowest BCUT2D eigenvalue weighted by Crippen LogP contribution is -2.40. The summed E-state index contributed by atoms with van der Waals surface area (Å²) in [6.45, 7) is 5.99. The quantitative estimate of drug-likeness (QED) is 0.808. The number of rotatable bonds is 7. The van der Waals surface area contributed by atoms with Crippen LogP contribution in [0, 0.1) is 6.92 Å². The number of nitrogens with one attached hydrogen (secondary N) is 1. The van der Waals surface area contributed by atoms with Crippen molar-refractivity contribution in [1.82, 2.24) is 5.32 Å². The fourth-order valence-electron chi connectivity index (χ4n) is 1.92. The van der Waals surface area contributed by atoms with Crippen LogP contribution in [0.5, 0.6) is 0 Å². The van der Waals surface area contributed by atoms with Crippen LogP contribution in [-0.2, 0) is 11.2 Å². The lowest BCUT2D eigenvalue weighted by atomic mass is 10.1. The molecule has 1 amide bonds. The van der Waals surface area contributed by atoms with E-state index >= 15 is 0 Å². The molecule has 4 nitrogen and oxygen atoms in total. The molecule has 19 heavy (non-hydrogen) atoms. The molecule has 0 aliphatic carbocycles. The predicted octanol–water partition coefficient (Wildman–Crippen LogP) is 2.99. The number of hydrogen-bond acceptors (Lipinski definition) is 3. The van der Waals surface area contributed by atoms with Gasteiger partial charge in [0.05, 0.1) is 4.88 Å². The average molecular weight is 283 g/mol. The molecule has 0 saturated carbocycles. The van der Waals surface area contributed by atoms with Gasteiger partial charge in [-0.2, -0.15) is 0 Å². The number of hydrogen-bond donors (Lipinski definition) is 2. The molecule has 5 heteroatoms. The number of carbonyl (C=O) groups excluding carboxylic acids is 1. The molecule has 106 valence electrons. The van der Waals surface area contributed by atoms with Crippen molar-refractivity contribution < 1.29 is 14.7 Å². The van der Waals surface area contributed by atoms with E-state index in [-0.39, 0.29) is 5.91 Å². The number of aryl methyl sites for hydroxylation is 2. The summed E-state index contributed by atoms with van der Waals surface area (Å²) in [6, 6.07) is 1.08. The Morgan fingerprint density at radius 2 is 2.05 bits per heavy atom. The molecule has 0 radical (unpaired) electrons. The van der Waals surface area contributed by atoms with Gasteiger partial charge in [-0.1, -0.05) is 26.7 Å². The molecule has 0 fully saturated rings. The fourth-order valence-corrected chi connectivity index (χ4v) is 2.90. The van der Waals surface area contributed by atoms with Gasteiger partial charge in [0.15, 0.2) is 0 Å². The van der Waals surface area contributed by atoms with Gasteiger partial charge >= 0.3 is 5.97 Å². The van der Waals surface area contributed by atoms with E-state index in [1.165, 1.54) is 16.9 Å². The number of carboxylic acid groups (broad SMARTS) is 1. The van der Waals surface area contributed by atoms with Crippen LogP contribution in [0.2, 0.25) is 0 Å². The molecule has 0 spiro atoms. The Kier molecular flexibility index (Phi) is 6.02.